The molecule has 4 nitrogen and oxygen atoms in total. The highest BCUT2D eigenvalue weighted by atomic mass is 16.7. The smallest absolute Gasteiger partial charge is 0.231 e. The van der Waals surface area contributed by atoms with E-state index in [9.17, 15) is 0 Å². The van der Waals surface area contributed by atoms with E-state index < -0.39 is 0 Å². The first-order valence-corrected chi connectivity index (χ1v) is 6.33. The first-order chi connectivity index (χ1) is 9.28. The van der Waals surface area contributed by atoms with Crippen LogP contribution in [0, 0.1) is 0 Å². The van der Waals surface area contributed by atoms with Crippen LogP contribution < -0.4 is 14.8 Å². The van der Waals surface area contributed by atoms with E-state index in [1.807, 2.05) is 24.3 Å². The van der Waals surface area contributed by atoms with Gasteiger partial charge in [0.2, 0.25) is 6.79 Å². The van der Waals surface area contributed by atoms with Crippen molar-refractivity contribution < 1.29 is 9.47 Å². The van der Waals surface area contributed by atoms with Gasteiger partial charge in [-0.1, -0.05) is 6.08 Å². The first kappa shape index (κ1) is 11.8. The molecule has 0 amide bonds. The van der Waals surface area contributed by atoms with Crippen molar-refractivity contribution in [2.24, 2.45) is 0 Å². The number of pyridine rings is 1. The third-order valence-electron chi connectivity index (χ3n) is 3.16. The Hall–Kier alpha value is -2.23. The zero-order valence-electron chi connectivity index (χ0n) is 10.8. The summed E-state index contributed by atoms with van der Waals surface area (Å²) in [5.41, 5.74) is 0. The van der Waals surface area contributed by atoms with Crippen LogP contribution >= 0.6 is 0 Å². The summed E-state index contributed by atoms with van der Waals surface area (Å²) < 4.78 is 10.8. The van der Waals surface area contributed by atoms with E-state index >= 15 is 0 Å². The fourth-order valence-corrected chi connectivity index (χ4v) is 2.22. The molecule has 1 aromatic heterocycles. The van der Waals surface area contributed by atoms with Gasteiger partial charge in [0.05, 0.1) is 0 Å². The van der Waals surface area contributed by atoms with E-state index in [1.165, 1.54) is 0 Å². The molecule has 0 spiro atoms. The molecule has 1 aromatic carbocycles. The molecule has 3 rings (SSSR count). The molecular formula is C15H16N2O2. The Balaban J connectivity index is 2.02. The van der Waals surface area contributed by atoms with Crippen LogP contribution in [-0.4, -0.2) is 17.8 Å². The molecule has 98 valence electrons. The number of anilines is 1. The minimum absolute atomic E-state index is 0.286. The van der Waals surface area contributed by atoms with E-state index in [4.69, 9.17) is 9.47 Å². The number of nitrogens with zero attached hydrogens (tertiary/aromatic N) is 1. The average molecular weight is 256 g/mol. The van der Waals surface area contributed by atoms with Crippen molar-refractivity contribution in [1.82, 2.24) is 4.98 Å². The Morgan fingerprint density at radius 1 is 1.42 bits per heavy atom. The lowest BCUT2D eigenvalue weighted by Gasteiger charge is -2.14. The summed E-state index contributed by atoms with van der Waals surface area (Å²) in [4.78, 5) is 4.41. The fraction of sp³-hybridized carbons (Fsp3) is 0.267. The number of benzene rings is 1. The van der Waals surface area contributed by atoms with Gasteiger partial charge >= 0.3 is 0 Å². The Bertz CT molecular complexity index is 625. The molecule has 4 heteroatoms. The largest absolute Gasteiger partial charge is 0.454 e. The number of rotatable bonds is 4. The van der Waals surface area contributed by atoms with Crippen LogP contribution in [0.15, 0.2) is 37.1 Å². The van der Waals surface area contributed by atoms with Gasteiger partial charge in [0.1, 0.15) is 5.82 Å². The highest BCUT2D eigenvalue weighted by Gasteiger charge is 2.16. The van der Waals surface area contributed by atoms with Crippen molar-refractivity contribution in [3.8, 4) is 11.5 Å². The molecule has 1 atom stereocenters. The van der Waals surface area contributed by atoms with Gasteiger partial charge in [0.25, 0.3) is 0 Å². The minimum Gasteiger partial charge on any atom is -0.454 e. The maximum atomic E-state index is 5.42. The van der Waals surface area contributed by atoms with Gasteiger partial charge in [-0.05, 0) is 36.9 Å². The maximum Gasteiger partial charge on any atom is 0.231 e. The number of nitrogens with one attached hydrogen (secondary N) is 1. The van der Waals surface area contributed by atoms with Crippen LogP contribution in [0.25, 0.3) is 10.8 Å². The van der Waals surface area contributed by atoms with Crippen molar-refractivity contribution >= 4 is 16.6 Å². The third kappa shape index (κ3) is 2.21. The number of aromatic nitrogens is 1. The molecular weight excluding hydrogens is 240 g/mol. The molecule has 0 bridgehead atoms. The van der Waals surface area contributed by atoms with Gasteiger partial charge in [0.15, 0.2) is 11.5 Å². The molecule has 2 aromatic rings. The highest BCUT2D eigenvalue weighted by molar-refractivity contribution is 5.94. The van der Waals surface area contributed by atoms with Crippen molar-refractivity contribution in [2.45, 2.75) is 19.4 Å². The molecule has 0 saturated carbocycles. The second kappa shape index (κ2) is 4.80. The van der Waals surface area contributed by atoms with Crippen LogP contribution in [0.5, 0.6) is 11.5 Å². The van der Waals surface area contributed by atoms with Crippen LogP contribution in [0.4, 0.5) is 5.82 Å². The summed E-state index contributed by atoms with van der Waals surface area (Å²) >= 11 is 0. The molecule has 1 aliphatic heterocycles. The molecule has 0 radical (unpaired) electrons. The monoisotopic (exact) mass is 256 g/mol. The minimum atomic E-state index is 0.286. The van der Waals surface area contributed by atoms with E-state index in [0.717, 1.165) is 34.5 Å². The number of ether oxygens (including phenoxy) is 2. The van der Waals surface area contributed by atoms with Crippen LogP contribution in [-0.2, 0) is 0 Å². The summed E-state index contributed by atoms with van der Waals surface area (Å²) in [7, 11) is 0. The maximum absolute atomic E-state index is 5.42. The number of hydrogen-bond acceptors (Lipinski definition) is 4. The standard InChI is InChI=1S/C15H16N2O2/c1-3-4-10(2)17-15-12-8-14-13(18-9-19-14)7-11(12)5-6-16-15/h3,5-8,10H,1,4,9H2,2H3,(H,16,17). The Kier molecular flexibility index (Phi) is 2.99. The summed E-state index contributed by atoms with van der Waals surface area (Å²) in [5.74, 6) is 2.44. The second-order valence-electron chi connectivity index (χ2n) is 4.66. The molecule has 1 unspecified atom stereocenters. The van der Waals surface area contributed by atoms with Crippen molar-refractivity contribution in [2.75, 3.05) is 12.1 Å². The van der Waals surface area contributed by atoms with E-state index in [0.29, 0.717) is 6.04 Å². The van der Waals surface area contributed by atoms with E-state index in [1.54, 1.807) is 6.20 Å². The molecule has 0 aliphatic carbocycles. The Morgan fingerprint density at radius 3 is 3.00 bits per heavy atom. The SMILES string of the molecule is C=CCC(C)Nc1nccc2cc3c(cc12)OCO3. The number of fused-ring (bicyclic) bond motifs is 2. The van der Waals surface area contributed by atoms with Crippen LogP contribution in [0.2, 0.25) is 0 Å². The number of hydrogen-bond donors (Lipinski definition) is 1. The zero-order chi connectivity index (χ0) is 13.2. The predicted molar refractivity (Wildman–Crippen MR) is 75.8 cm³/mol. The van der Waals surface area contributed by atoms with Crippen LogP contribution in [0.1, 0.15) is 13.3 Å². The normalized spacial score (nSPS) is 14.4. The quantitative estimate of drug-likeness (QED) is 0.852. The van der Waals surface area contributed by atoms with Crippen molar-refractivity contribution in [3.05, 3.63) is 37.1 Å². The van der Waals surface area contributed by atoms with Gasteiger partial charge in [-0.15, -0.1) is 6.58 Å². The lowest BCUT2D eigenvalue weighted by molar-refractivity contribution is 0.174. The zero-order valence-corrected chi connectivity index (χ0v) is 10.8. The van der Waals surface area contributed by atoms with Gasteiger partial charge in [-0.3, -0.25) is 0 Å². The predicted octanol–water partition coefficient (Wildman–Crippen LogP) is 3.34. The summed E-state index contributed by atoms with van der Waals surface area (Å²) in [6, 6.07) is 6.23. The molecule has 1 N–H and O–H groups in total. The lowest BCUT2D eigenvalue weighted by atomic mass is 10.1. The topological polar surface area (TPSA) is 43.4 Å². The van der Waals surface area contributed by atoms with Crippen LogP contribution in [0.3, 0.4) is 0 Å². The van der Waals surface area contributed by atoms with Gasteiger partial charge in [-0.25, -0.2) is 4.98 Å². The van der Waals surface area contributed by atoms with Gasteiger partial charge in [0, 0.05) is 17.6 Å². The molecule has 19 heavy (non-hydrogen) atoms. The average Bonchev–Trinajstić information content (AvgIpc) is 2.84. The summed E-state index contributed by atoms with van der Waals surface area (Å²) in [6.45, 7) is 6.15. The Labute approximate surface area is 112 Å². The van der Waals surface area contributed by atoms with E-state index in [-0.39, 0.29) is 6.79 Å². The summed E-state index contributed by atoms with van der Waals surface area (Å²) in [5, 5.41) is 5.53. The van der Waals surface area contributed by atoms with Crippen molar-refractivity contribution in [1.29, 1.82) is 0 Å². The molecule has 0 fully saturated rings. The first-order valence-electron chi connectivity index (χ1n) is 6.33. The Morgan fingerprint density at radius 2 is 2.21 bits per heavy atom. The second-order valence-corrected chi connectivity index (χ2v) is 4.66. The summed E-state index contributed by atoms with van der Waals surface area (Å²) in [6.07, 6.45) is 4.59. The highest BCUT2D eigenvalue weighted by Crippen LogP contribution is 2.37. The van der Waals surface area contributed by atoms with Crippen molar-refractivity contribution in [3.63, 3.8) is 0 Å². The fourth-order valence-electron chi connectivity index (χ4n) is 2.22. The van der Waals surface area contributed by atoms with E-state index in [2.05, 4.69) is 23.8 Å². The van der Waals surface area contributed by atoms with Gasteiger partial charge < -0.3 is 14.8 Å². The molecule has 0 saturated heterocycles. The lowest BCUT2D eigenvalue weighted by Crippen LogP contribution is -2.14. The third-order valence-corrected chi connectivity index (χ3v) is 3.16. The molecule has 1 aliphatic rings. The molecule has 2 heterocycles. The van der Waals surface area contributed by atoms with Gasteiger partial charge in [-0.2, -0.15) is 0 Å².